The summed E-state index contributed by atoms with van der Waals surface area (Å²) in [5.41, 5.74) is 2.43. The van der Waals surface area contributed by atoms with Crippen molar-refractivity contribution in [2.75, 3.05) is 5.32 Å². The van der Waals surface area contributed by atoms with Gasteiger partial charge < -0.3 is 10.4 Å². The normalized spacial score (nSPS) is 11.3. The minimum absolute atomic E-state index is 0.0775. The van der Waals surface area contributed by atoms with Gasteiger partial charge in [0.1, 0.15) is 0 Å². The van der Waals surface area contributed by atoms with Gasteiger partial charge in [0.05, 0.1) is 29.4 Å². The first kappa shape index (κ1) is 17.7. The van der Waals surface area contributed by atoms with Gasteiger partial charge in [-0.05, 0) is 44.9 Å². The van der Waals surface area contributed by atoms with Gasteiger partial charge in [-0.2, -0.15) is 5.10 Å². The monoisotopic (exact) mass is 329 g/mol. The zero-order valence-corrected chi connectivity index (χ0v) is 14.5. The third-order valence-corrected chi connectivity index (χ3v) is 3.62. The highest BCUT2D eigenvalue weighted by molar-refractivity contribution is 6.05. The van der Waals surface area contributed by atoms with Crippen LogP contribution in [0.15, 0.2) is 30.5 Å². The van der Waals surface area contributed by atoms with E-state index in [0.717, 1.165) is 5.69 Å². The molecule has 1 aromatic carbocycles. The number of aromatic nitrogens is 2. The van der Waals surface area contributed by atoms with Gasteiger partial charge in [0, 0.05) is 5.69 Å². The predicted molar refractivity (Wildman–Crippen MR) is 92.3 cm³/mol. The van der Waals surface area contributed by atoms with Crippen molar-refractivity contribution in [1.82, 2.24) is 9.78 Å². The minimum Gasteiger partial charge on any atom is -0.481 e. The standard InChI is InChI=1S/C18H23N3O3/c1-5-15-14(11-19-21(15)18(2,3)4)17(24)20-13-8-6-7-12(9-13)10-16(22)23/h6-9,11H,5,10H2,1-4H3,(H,20,24)(H,22,23). The van der Waals surface area contributed by atoms with Gasteiger partial charge in [-0.1, -0.05) is 19.1 Å². The Bertz CT molecular complexity index is 757. The van der Waals surface area contributed by atoms with E-state index in [2.05, 4.69) is 10.4 Å². The van der Waals surface area contributed by atoms with Crippen molar-refractivity contribution in [1.29, 1.82) is 0 Å². The van der Waals surface area contributed by atoms with Gasteiger partial charge >= 0.3 is 5.97 Å². The van der Waals surface area contributed by atoms with Crippen LogP contribution >= 0.6 is 0 Å². The highest BCUT2D eigenvalue weighted by Crippen LogP contribution is 2.21. The van der Waals surface area contributed by atoms with Gasteiger partial charge in [0.15, 0.2) is 0 Å². The molecular formula is C18H23N3O3. The van der Waals surface area contributed by atoms with Crippen LogP contribution in [0.3, 0.4) is 0 Å². The molecule has 0 spiro atoms. The lowest BCUT2D eigenvalue weighted by Gasteiger charge is -2.22. The lowest BCUT2D eigenvalue weighted by Crippen LogP contribution is -2.26. The number of hydrogen-bond acceptors (Lipinski definition) is 3. The maximum atomic E-state index is 12.6. The molecule has 0 bridgehead atoms. The van der Waals surface area contributed by atoms with Crippen molar-refractivity contribution in [2.24, 2.45) is 0 Å². The highest BCUT2D eigenvalue weighted by Gasteiger charge is 2.23. The van der Waals surface area contributed by atoms with Crippen LogP contribution < -0.4 is 5.32 Å². The van der Waals surface area contributed by atoms with E-state index in [-0.39, 0.29) is 17.9 Å². The fourth-order valence-corrected chi connectivity index (χ4v) is 2.61. The van der Waals surface area contributed by atoms with E-state index in [4.69, 9.17) is 5.11 Å². The first-order valence-electron chi connectivity index (χ1n) is 7.92. The quantitative estimate of drug-likeness (QED) is 0.883. The second-order valence-corrected chi connectivity index (χ2v) is 6.67. The lowest BCUT2D eigenvalue weighted by atomic mass is 10.1. The average molecular weight is 329 g/mol. The summed E-state index contributed by atoms with van der Waals surface area (Å²) < 4.78 is 1.86. The maximum absolute atomic E-state index is 12.6. The number of carboxylic acids is 1. The fraction of sp³-hybridized carbons (Fsp3) is 0.389. The van der Waals surface area contributed by atoms with Gasteiger partial charge in [-0.25, -0.2) is 0 Å². The third kappa shape index (κ3) is 4.01. The smallest absolute Gasteiger partial charge is 0.307 e. The van der Waals surface area contributed by atoms with Crippen LogP contribution in [-0.4, -0.2) is 26.8 Å². The first-order valence-corrected chi connectivity index (χ1v) is 7.92. The van der Waals surface area contributed by atoms with Crippen molar-refractivity contribution in [3.8, 4) is 0 Å². The summed E-state index contributed by atoms with van der Waals surface area (Å²) >= 11 is 0. The molecule has 6 nitrogen and oxygen atoms in total. The van der Waals surface area contributed by atoms with Crippen LogP contribution in [0.25, 0.3) is 0 Å². The first-order chi connectivity index (χ1) is 11.2. The van der Waals surface area contributed by atoms with E-state index in [1.54, 1.807) is 30.5 Å². The number of amides is 1. The maximum Gasteiger partial charge on any atom is 0.307 e. The SMILES string of the molecule is CCc1c(C(=O)Nc2cccc(CC(=O)O)c2)cnn1C(C)(C)C. The van der Waals surface area contributed by atoms with E-state index in [1.165, 1.54) is 0 Å². The molecule has 2 N–H and O–H groups in total. The number of carboxylic acid groups (broad SMARTS) is 1. The Labute approximate surface area is 141 Å². The van der Waals surface area contributed by atoms with Crippen LogP contribution in [-0.2, 0) is 23.2 Å². The minimum atomic E-state index is -0.904. The average Bonchev–Trinajstić information content (AvgIpc) is 2.90. The number of nitrogens with one attached hydrogen (secondary N) is 1. The molecule has 0 aliphatic carbocycles. The Hall–Kier alpha value is -2.63. The topological polar surface area (TPSA) is 84.2 Å². The molecule has 0 atom stereocenters. The summed E-state index contributed by atoms with van der Waals surface area (Å²) in [4.78, 5) is 23.4. The van der Waals surface area contributed by atoms with Crippen LogP contribution in [0.5, 0.6) is 0 Å². The largest absolute Gasteiger partial charge is 0.481 e. The Balaban J connectivity index is 2.25. The second-order valence-electron chi connectivity index (χ2n) is 6.67. The second kappa shape index (κ2) is 6.86. The molecule has 1 amide bonds. The van der Waals surface area contributed by atoms with Crippen molar-refractivity contribution in [3.05, 3.63) is 47.3 Å². The number of anilines is 1. The van der Waals surface area contributed by atoms with Crippen molar-refractivity contribution >= 4 is 17.6 Å². The summed E-state index contributed by atoms with van der Waals surface area (Å²) in [6, 6.07) is 6.86. The van der Waals surface area contributed by atoms with E-state index in [0.29, 0.717) is 23.2 Å². The molecule has 1 aromatic heterocycles. The fourth-order valence-electron chi connectivity index (χ4n) is 2.61. The van der Waals surface area contributed by atoms with Crippen LogP contribution in [0.2, 0.25) is 0 Å². The van der Waals surface area contributed by atoms with Gasteiger partial charge in [0.25, 0.3) is 5.91 Å². The number of carbonyl (C=O) groups is 2. The third-order valence-electron chi connectivity index (χ3n) is 3.62. The number of rotatable bonds is 5. The Morgan fingerprint density at radius 2 is 2.00 bits per heavy atom. The van der Waals surface area contributed by atoms with E-state index in [9.17, 15) is 9.59 Å². The molecular weight excluding hydrogens is 306 g/mol. The summed E-state index contributed by atoms with van der Waals surface area (Å²) in [5.74, 6) is -1.15. The zero-order chi connectivity index (χ0) is 17.9. The van der Waals surface area contributed by atoms with E-state index >= 15 is 0 Å². The summed E-state index contributed by atoms with van der Waals surface area (Å²) in [7, 11) is 0. The molecule has 128 valence electrons. The number of nitrogens with zero attached hydrogens (tertiary/aromatic N) is 2. The number of aliphatic carboxylic acids is 1. The summed E-state index contributed by atoms with van der Waals surface area (Å²) in [6.07, 6.45) is 2.20. The Morgan fingerprint density at radius 3 is 2.58 bits per heavy atom. The molecule has 1 heterocycles. The van der Waals surface area contributed by atoms with Crippen molar-refractivity contribution in [3.63, 3.8) is 0 Å². The summed E-state index contributed by atoms with van der Waals surface area (Å²) in [5, 5.41) is 16.0. The molecule has 0 aliphatic rings. The summed E-state index contributed by atoms with van der Waals surface area (Å²) in [6.45, 7) is 8.10. The molecule has 0 saturated carbocycles. The number of carbonyl (C=O) groups excluding carboxylic acids is 1. The van der Waals surface area contributed by atoms with Gasteiger partial charge in [0.2, 0.25) is 0 Å². The number of hydrogen-bond donors (Lipinski definition) is 2. The number of benzene rings is 1. The van der Waals surface area contributed by atoms with Crippen molar-refractivity contribution in [2.45, 2.75) is 46.1 Å². The molecule has 0 radical (unpaired) electrons. The predicted octanol–water partition coefficient (Wildman–Crippen LogP) is 3.08. The van der Waals surface area contributed by atoms with Crippen LogP contribution in [0, 0.1) is 0 Å². The lowest BCUT2D eigenvalue weighted by molar-refractivity contribution is -0.136. The molecule has 6 heteroatoms. The molecule has 0 aliphatic heterocycles. The zero-order valence-electron chi connectivity index (χ0n) is 14.5. The molecule has 2 rings (SSSR count). The van der Waals surface area contributed by atoms with Crippen LogP contribution in [0.4, 0.5) is 5.69 Å². The van der Waals surface area contributed by atoms with E-state index < -0.39 is 5.97 Å². The Morgan fingerprint density at radius 1 is 1.29 bits per heavy atom. The molecule has 0 saturated heterocycles. The van der Waals surface area contributed by atoms with Crippen LogP contribution in [0.1, 0.15) is 49.3 Å². The molecule has 24 heavy (non-hydrogen) atoms. The molecule has 2 aromatic rings. The Kier molecular flexibility index (Phi) is 5.07. The van der Waals surface area contributed by atoms with Gasteiger partial charge in [-0.15, -0.1) is 0 Å². The molecule has 0 fully saturated rings. The highest BCUT2D eigenvalue weighted by atomic mass is 16.4. The van der Waals surface area contributed by atoms with E-state index in [1.807, 2.05) is 32.4 Å². The van der Waals surface area contributed by atoms with Gasteiger partial charge in [-0.3, -0.25) is 14.3 Å². The van der Waals surface area contributed by atoms with Crippen molar-refractivity contribution < 1.29 is 14.7 Å². The molecule has 0 unspecified atom stereocenters.